The van der Waals surface area contributed by atoms with Crippen molar-refractivity contribution in [1.29, 1.82) is 0 Å². The van der Waals surface area contributed by atoms with Gasteiger partial charge in [0.25, 0.3) is 0 Å². The summed E-state index contributed by atoms with van der Waals surface area (Å²) in [5.74, 6) is -1.41. The van der Waals surface area contributed by atoms with E-state index in [-0.39, 0.29) is 24.6 Å². The first-order chi connectivity index (χ1) is 10.8. The minimum absolute atomic E-state index is 0. The number of likely N-dealkylation sites (tertiary alicyclic amines) is 1. The Morgan fingerprint density at radius 2 is 1.83 bits per heavy atom. The molecule has 1 amide bonds. The van der Waals surface area contributed by atoms with Crippen molar-refractivity contribution in [2.45, 2.75) is 31.5 Å². The van der Waals surface area contributed by atoms with E-state index < -0.39 is 29.7 Å². The van der Waals surface area contributed by atoms with E-state index in [9.17, 15) is 22.8 Å². The normalized spacial score (nSPS) is 18.5. The summed E-state index contributed by atoms with van der Waals surface area (Å²) < 4.78 is 37.4. The topological polar surface area (TPSA) is 69.6 Å². The average molecular weight is 367 g/mol. The molecule has 0 radical (unpaired) electrons. The zero-order valence-corrected chi connectivity index (χ0v) is 13.5. The highest BCUT2D eigenvalue weighted by atomic mass is 35.5. The smallest absolute Gasteiger partial charge is 0.416 e. The van der Waals surface area contributed by atoms with Crippen molar-refractivity contribution in [3.05, 3.63) is 29.8 Å². The van der Waals surface area contributed by atoms with Crippen molar-refractivity contribution < 1.29 is 27.9 Å². The molecule has 0 bridgehead atoms. The fraction of sp³-hybridized carbons (Fsp3) is 0.467. The van der Waals surface area contributed by atoms with Gasteiger partial charge in [-0.25, -0.2) is 0 Å². The van der Waals surface area contributed by atoms with E-state index >= 15 is 0 Å². The summed E-state index contributed by atoms with van der Waals surface area (Å²) in [6.45, 7) is 0.412. The minimum Gasteiger partial charge on any atom is -0.480 e. The first-order valence-corrected chi connectivity index (χ1v) is 7.21. The summed E-state index contributed by atoms with van der Waals surface area (Å²) in [5, 5.41) is 11.6. The van der Waals surface area contributed by atoms with Crippen LogP contribution in [0.25, 0.3) is 0 Å². The Morgan fingerprint density at radius 1 is 1.21 bits per heavy atom. The number of piperidine rings is 1. The fourth-order valence-electron chi connectivity index (χ4n) is 2.59. The van der Waals surface area contributed by atoms with Crippen molar-refractivity contribution in [2.75, 3.05) is 18.4 Å². The van der Waals surface area contributed by atoms with Crippen molar-refractivity contribution in [1.82, 2.24) is 4.90 Å². The lowest BCUT2D eigenvalue weighted by Crippen LogP contribution is -2.47. The molecule has 0 saturated carbocycles. The van der Waals surface area contributed by atoms with Gasteiger partial charge in [-0.15, -0.1) is 12.4 Å². The van der Waals surface area contributed by atoms with Crippen LogP contribution >= 0.6 is 12.4 Å². The molecule has 1 fully saturated rings. The molecule has 134 valence electrons. The summed E-state index contributed by atoms with van der Waals surface area (Å²) in [7, 11) is 0. The number of hydrogen-bond acceptors (Lipinski definition) is 3. The van der Waals surface area contributed by atoms with Crippen LogP contribution in [-0.2, 0) is 15.8 Å². The second-order valence-corrected chi connectivity index (χ2v) is 5.44. The molecule has 1 saturated heterocycles. The molecule has 1 heterocycles. The van der Waals surface area contributed by atoms with Crippen LogP contribution in [0.1, 0.15) is 24.8 Å². The van der Waals surface area contributed by atoms with Crippen LogP contribution in [0, 0.1) is 0 Å². The van der Waals surface area contributed by atoms with Crippen LogP contribution in [0.5, 0.6) is 0 Å². The molecule has 1 aromatic rings. The number of carbonyl (C=O) groups excluding carboxylic acids is 1. The molecule has 9 heteroatoms. The van der Waals surface area contributed by atoms with Crippen LogP contribution in [0.2, 0.25) is 0 Å². The van der Waals surface area contributed by atoms with Crippen LogP contribution in [0.3, 0.4) is 0 Å². The Balaban J connectivity index is 0.00000288. The van der Waals surface area contributed by atoms with Gasteiger partial charge in [0.2, 0.25) is 5.91 Å². The number of benzene rings is 1. The van der Waals surface area contributed by atoms with Gasteiger partial charge < -0.3 is 10.4 Å². The molecule has 0 aliphatic carbocycles. The van der Waals surface area contributed by atoms with E-state index in [1.54, 1.807) is 4.90 Å². The molecule has 2 N–H and O–H groups in total. The SMILES string of the molecule is Cl.O=C(CN1CCCCC1C(=O)O)Nc1ccc(C(F)(F)F)cc1. The molecule has 0 aromatic heterocycles. The molecule has 2 rings (SSSR count). The summed E-state index contributed by atoms with van der Waals surface area (Å²) in [6.07, 6.45) is -2.32. The third kappa shape index (κ3) is 5.38. The summed E-state index contributed by atoms with van der Waals surface area (Å²) in [6, 6.07) is 3.42. The minimum atomic E-state index is -4.43. The number of nitrogens with one attached hydrogen (secondary N) is 1. The predicted molar refractivity (Wildman–Crippen MR) is 84.2 cm³/mol. The second-order valence-electron chi connectivity index (χ2n) is 5.44. The number of anilines is 1. The van der Waals surface area contributed by atoms with Crippen LogP contribution in [0.15, 0.2) is 24.3 Å². The number of carbonyl (C=O) groups is 2. The number of halogens is 4. The quantitative estimate of drug-likeness (QED) is 0.859. The van der Waals surface area contributed by atoms with E-state index in [4.69, 9.17) is 5.11 Å². The van der Waals surface area contributed by atoms with Gasteiger partial charge in [0, 0.05) is 5.69 Å². The lowest BCUT2D eigenvalue weighted by Gasteiger charge is -2.32. The Hall–Kier alpha value is -1.80. The number of carboxylic acid groups (broad SMARTS) is 1. The maximum Gasteiger partial charge on any atom is 0.416 e. The zero-order valence-electron chi connectivity index (χ0n) is 12.7. The third-order valence-corrected chi connectivity index (χ3v) is 3.74. The summed E-state index contributed by atoms with van der Waals surface area (Å²) in [5.41, 5.74) is -0.552. The molecule has 1 aliphatic heterocycles. The van der Waals surface area contributed by atoms with Gasteiger partial charge in [-0.3, -0.25) is 14.5 Å². The molecular weight excluding hydrogens is 349 g/mol. The highest BCUT2D eigenvalue weighted by Gasteiger charge is 2.31. The lowest BCUT2D eigenvalue weighted by atomic mass is 10.0. The van der Waals surface area contributed by atoms with E-state index in [1.165, 1.54) is 12.1 Å². The van der Waals surface area contributed by atoms with Crippen LogP contribution < -0.4 is 5.32 Å². The summed E-state index contributed by atoms with van der Waals surface area (Å²) >= 11 is 0. The van der Waals surface area contributed by atoms with Gasteiger partial charge in [-0.1, -0.05) is 6.42 Å². The van der Waals surface area contributed by atoms with E-state index in [2.05, 4.69) is 5.32 Å². The largest absolute Gasteiger partial charge is 0.480 e. The van der Waals surface area contributed by atoms with Gasteiger partial charge in [-0.05, 0) is 43.7 Å². The second kappa shape index (κ2) is 8.34. The average Bonchev–Trinajstić information content (AvgIpc) is 2.47. The van der Waals surface area contributed by atoms with Crippen molar-refractivity contribution in [3.63, 3.8) is 0 Å². The highest BCUT2D eigenvalue weighted by molar-refractivity contribution is 5.92. The molecule has 1 aromatic carbocycles. The molecule has 5 nitrogen and oxygen atoms in total. The standard InChI is InChI=1S/C15H17F3N2O3.ClH/c16-15(17,18)10-4-6-11(7-5-10)19-13(21)9-20-8-2-1-3-12(20)14(22)23;/h4-7,12H,1-3,8-9H2,(H,19,21)(H,22,23);1H. The molecule has 24 heavy (non-hydrogen) atoms. The Bertz CT molecular complexity index is 578. The van der Waals surface area contributed by atoms with Crippen molar-refractivity contribution in [2.24, 2.45) is 0 Å². The van der Waals surface area contributed by atoms with Gasteiger partial charge >= 0.3 is 12.1 Å². The van der Waals surface area contributed by atoms with Gasteiger partial charge in [0.15, 0.2) is 0 Å². The first-order valence-electron chi connectivity index (χ1n) is 7.21. The number of rotatable bonds is 4. The fourth-order valence-corrected chi connectivity index (χ4v) is 2.59. The Morgan fingerprint density at radius 3 is 2.38 bits per heavy atom. The van der Waals surface area contributed by atoms with Gasteiger partial charge in [0.1, 0.15) is 6.04 Å². The van der Waals surface area contributed by atoms with Crippen molar-refractivity contribution >= 4 is 30.0 Å². The molecule has 1 atom stereocenters. The summed E-state index contributed by atoms with van der Waals surface area (Å²) in [4.78, 5) is 24.7. The third-order valence-electron chi connectivity index (χ3n) is 3.74. The predicted octanol–water partition coefficient (Wildman–Crippen LogP) is 3.00. The van der Waals surface area contributed by atoms with Crippen LogP contribution in [-0.4, -0.2) is 41.0 Å². The highest BCUT2D eigenvalue weighted by Crippen LogP contribution is 2.29. The number of aliphatic carboxylic acids is 1. The van der Waals surface area contributed by atoms with Gasteiger partial charge in [-0.2, -0.15) is 13.2 Å². The first kappa shape index (κ1) is 20.2. The van der Waals surface area contributed by atoms with E-state index in [0.29, 0.717) is 13.0 Å². The van der Waals surface area contributed by atoms with Crippen LogP contribution in [0.4, 0.5) is 18.9 Å². The maximum atomic E-state index is 12.5. The van der Waals surface area contributed by atoms with E-state index in [0.717, 1.165) is 25.0 Å². The zero-order chi connectivity index (χ0) is 17.0. The van der Waals surface area contributed by atoms with Gasteiger partial charge in [0.05, 0.1) is 12.1 Å². The Labute approximate surface area is 143 Å². The number of alkyl halides is 3. The van der Waals surface area contributed by atoms with E-state index in [1.807, 2.05) is 0 Å². The number of nitrogens with zero attached hydrogens (tertiary/aromatic N) is 1. The molecular formula is C15H18ClF3N2O3. The molecule has 0 spiro atoms. The number of amides is 1. The van der Waals surface area contributed by atoms with Crippen molar-refractivity contribution in [3.8, 4) is 0 Å². The lowest BCUT2D eigenvalue weighted by molar-refractivity contribution is -0.145. The molecule has 1 aliphatic rings. The maximum absolute atomic E-state index is 12.5. The number of hydrogen-bond donors (Lipinski definition) is 2. The monoisotopic (exact) mass is 366 g/mol. The Kier molecular flexibility index (Phi) is 7.04. The number of carboxylic acids is 1. The molecule has 1 unspecified atom stereocenters.